The van der Waals surface area contributed by atoms with Crippen LogP contribution in [-0.2, 0) is 21.4 Å². The van der Waals surface area contributed by atoms with E-state index in [1.165, 1.54) is 6.07 Å². The van der Waals surface area contributed by atoms with Gasteiger partial charge in [-0.1, -0.05) is 12.5 Å². The van der Waals surface area contributed by atoms with Crippen molar-refractivity contribution in [3.63, 3.8) is 0 Å². The van der Waals surface area contributed by atoms with E-state index in [-0.39, 0.29) is 18.0 Å². The molecule has 3 N–H and O–H groups in total. The van der Waals surface area contributed by atoms with Crippen LogP contribution in [0.5, 0.6) is 5.75 Å². The third-order valence-corrected chi connectivity index (χ3v) is 5.02. The molecule has 23 heavy (non-hydrogen) atoms. The van der Waals surface area contributed by atoms with Crippen molar-refractivity contribution in [1.29, 1.82) is 0 Å². The van der Waals surface area contributed by atoms with Crippen molar-refractivity contribution in [3.05, 3.63) is 23.8 Å². The topological polar surface area (TPSA) is 107 Å². The van der Waals surface area contributed by atoms with Gasteiger partial charge in [-0.25, -0.2) is 9.03 Å². The molecule has 1 aromatic carbocycles. The molecule has 0 spiro atoms. The van der Waals surface area contributed by atoms with Crippen LogP contribution in [0.3, 0.4) is 0 Å². The number of rotatable bonds is 6. The Balaban J connectivity index is 2.09. The van der Waals surface area contributed by atoms with Crippen molar-refractivity contribution >= 4 is 21.8 Å². The van der Waals surface area contributed by atoms with Gasteiger partial charge in [0, 0.05) is 0 Å². The number of hydrogen-bond acceptors (Lipinski definition) is 5. The zero-order chi connectivity index (χ0) is 17.3. The Morgan fingerprint density at radius 1 is 1.30 bits per heavy atom. The van der Waals surface area contributed by atoms with Crippen molar-refractivity contribution in [1.82, 2.24) is 4.72 Å². The van der Waals surface area contributed by atoms with Crippen LogP contribution >= 0.6 is 0 Å². The lowest BCUT2D eigenvalue weighted by molar-refractivity contribution is -0.117. The molecule has 1 aromatic rings. The van der Waals surface area contributed by atoms with Gasteiger partial charge in [-0.05, 0) is 50.8 Å². The first kappa shape index (κ1) is 17.6. The number of aromatic hydroxyl groups is 1. The van der Waals surface area contributed by atoms with E-state index in [2.05, 4.69) is 0 Å². The highest BCUT2D eigenvalue weighted by Crippen LogP contribution is 2.32. The van der Waals surface area contributed by atoms with Gasteiger partial charge < -0.3 is 10.2 Å². The maximum absolute atomic E-state index is 11.9. The number of anilines is 1. The molecule has 0 radical (unpaired) electrons. The van der Waals surface area contributed by atoms with E-state index in [1.54, 1.807) is 26.0 Å². The lowest BCUT2D eigenvalue weighted by atomic mass is 9.99. The second-order valence-corrected chi connectivity index (χ2v) is 7.97. The summed E-state index contributed by atoms with van der Waals surface area (Å²) in [5.74, 6) is -0.815. The highest BCUT2D eigenvalue weighted by atomic mass is 32.2. The lowest BCUT2D eigenvalue weighted by Gasteiger charge is -2.18. The first-order chi connectivity index (χ1) is 10.6. The molecular weight excluding hydrogens is 320 g/mol. The molecule has 0 aliphatic carbocycles. The molecule has 1 fully saturated rings. The third kappa shape index (κ3) is 4.59. The van der Waals surface area contributed by atoms with Gasteiger partial charge in [0.15, 0.2) is 0 Å². The zero-order valence-corrected chi connectivity index (χ0v) is 14.1. The molecule has 0 saturated carbocycles. The third-order valence-electron chi connectivity index (χ3n) is 3.63. The van der Waals surface area contributed by atoms with Gasteiger partial charge in [-0.2, -0.15) is 8.42 Å². The van der Waals surface area contributed by atoms with Gasteiger partial charge in [0.25, 0.3) is 5.91 Å². The van der Waals surface area contributed by atoms with Crippen molar-refractivity contribution < 1.29 is 23.4 Å². The number of benzene rings is 1. The smallest absolute Gasteiger partial charge is 0.326 e. The molecule has 1 aliphatic heterocycles. The van der Waals surface area contributed by atoms with Crippen LogP contribution in [-0.4, -0.2) is 36.7 Å². The minimum atomic E-state index is -3.93. The number of phenolic OH excluding ortho intramolecular Hbond substituents is 1. The van der Waals surface area contributed by atoms with Crippen LogP contribution in [0.1, 0.15) is 38.7 Å². The van der Waals surface area contributed by atoms with Crippen molar-refractivity contribution in [3.8, 4) is 5.75 Å². The van der Waals surface area contributed by atoms with Crippen LogP contribution < -0.4 is 9.03 Å². The van der Waals surface area contributed by atoms with E-state index in [1.807, 2.05) is 4.72 Å². The van der Waals surface area contributed by atoms with E-state index < -0.39 is 21.7 Å². The van der Waals surface area contributed by atoms with Crippen LogP contribution in [0.2, 0.25) is 0 Å². The molecule has 0 aromatic heterocycles. The maximum Gasteiger partial charge on any atom is 0.326 e. The quantitative estimate of drug-likeness (QED) is 0.670. The predicted molar refractivity (Wildman–Crippen MR) is 86.4 cm³/mol. The second kappa shape index (κ2) is 6.37. The van der Waals surface area contributed by atoms with E-state index in [0.717, 1.165) is 22.7 Å². The maximum atomic E-state index is 11.9. The molecule has 7 nitrogen and oxygen atoms in total. The Hall–Kier alpha value is -1.80. The van der Waals surface area contributed by atoms with Gasteiger partial charge in [-0.15, -0.1) is 0 Å². The standard InChI is InChI=1S/C15H22N2O5S/c1-15(2,20)8-4-3-5-11-6-7-13(18)12(9-11)17-10-14(19)16-23(17,21)22/h6-7,9,18,20H,3-5,8,10H2,1-2H3,(H,16,19). The number of hydrogen-bond donors (Lipinski definition) is 3. The second-order valence-electron chi connectivity index (χ2n) is 6.38. The number of nitrogens with zero attached hydrogens (tertiary/aromatic N) is 1. The minimum absolute atomic E-state index is 0.100. The van der Waals surface area contributed by atoms with Gasteiger partial charge in [0.2, 0.25) is 0 Å². The number of aryl methyl sites for hydroxylation is 1. The molecule has 1 aliphatic rings. The van der Waals surface area contributed by atoms with E-state index >= 15 is 0 Å². The summed E-state index contributed by atoms with van der Waals surface area (Å²) in [7, 11) is -3.93. The molecule has 1 amide bonds. The lowest BCUT2D eigenvalue weighted by Crippen LogP contribution is -2.29. The Kier molecular flexibility index (Phi) is 4.86. The van der Waals surface area contributed by atoms with Crippen LogP contribution in [0.25, 0.3) is 0 Å². The molecule has 0 bridgehead atoms. The average Bonchev–Trinajstić information content (AvgIpc) is 2.68. The summed E-state index contributed by atoms with van der Waals surface area (Å²) < 4.78 is 26.5. The number of amides is 1. The summed E-state index contributed by atoms with van der Waals surface area (Å²) >= 11 is 0. The molecular formula is C15H22N2O5S. The summed E-state index contributed by atoms with van der Waals surface area (Å²) in [6.45, 7) is 3.18. The molecule has 0 unspecified atom stereocenters. The van der Waals surface area contributed by atoms with Gasteiger partial charge in [0.05, 0.1) is 11.3 Å². The van der Waals surface area contributed by atoms with Crippen LogP contribution in [0, 0.1) is 0 Å². The molecule has 1 saturated heterocycles. The Morgan fingerprint density at radius 3 is 2.57 bits per heavy atom. The molecule has 8 heteroatoms. The van der Waals surface area contributed by atoms with E-state index in [0.29, 0.717) is 12.8 Å². The first-order valence-electron chi connectivity index (χ1n) is 7.46. The fourth-order valence-electron chi connectivity index (χ4n) is 2.47. The monoisotopic (exact) mass is 342 g/mol. The highest BCUT2D eigenvalue weighted by molar-refractivity contribution is 7.92. The number of carbonyl (C=O) groups is 1. The highest BCUT2D eigenvalue weighted by Gasteiger charge is 2.35. The number of unbranched alkanes of at least 4 members (excludes halogenated alkanes) is 1. The number of aliphatic hydroxyl groups is 1. The Labute approximate surface area is 136 Å². The number of carbonyl (C=O) groups excluding carboxylic acids is 1. The van der Waals surface area contributed by atoms with Crippen molar-refractivity contribution in [2.45, 2.75) is 45.1 Å². The summed E-state index contributed by atoms with van der Waals surface area (Å²) in [5, 5.41) is 19.6. The SMILES string of the molecule is CC(C)(O)CCCCc1ccc(O)c(N2CC(=O)NS2(=O)=O)c1. The van der Waals surface area contributed by atoms with E-state index in [4.69, 9.17) is 0 Å². The normalized spacial score (nSPS) is 17.3. The van der Waals surface area contributed by atoms with Crippen LogP contribution in [0.4, 0.5) is 5.69 Å². The largest absolute Gasteiger partial charge is 0.506 e. The summed E-state index contributed by atoms with van der Waals surface area (Å²) in [4.78, 5) is 11.3. The van der Waals surface area contributed by atoms with Gasteiger partial charge >= 0.3 is 10.2 Å². The molecule has 128 valence electrons. The molecule has 1 heterocycles. The van der Waals surface area contributed by atoms with Gasteiger partial charge in [0.1, 0.15) is 12.3 Å². The average molecular weight is 342 g/mol. The van der Waals surface area contributed by atoms with Crippen molar-refractivity contribution in [2.75, 3.05) is 10.8 Å². The van der Waals surface area contributed by atoms with E-state index in [9.17, 15) is 23.4 Å². The minimum Gasteiger partial charge on any atom is -0.506 e. The Bertz CT molecular complexity index is 694. The first-order valence-corrected chi connectivity index (χ1v) is 8.90. The Morgan fingerprint density at radius 2 is 2.00 bits per heavy atom. The number of nitrogens with one attached hydrogen (secondary N) is 1. The molecule has 0 atom stereocenters. The fourth-order valence-corrected chi connectivity index (χ4v) is 3.63. The fraction of sp³-hybridized carbons (Fsp3) is 0.533. The predicted octanol–water partition coefficient (Wildman–Crippen LogP) is 1.06. The zero-order valence-electron chi connectivity index (χ0n) is 13.2. The van der Waals surface area contributed by atoms with Crippen molar-refractivity contribution in [2.24, 2.45) is 0 Å². The molecule has 2 rings (SSSR count). The van der Waals surface area contributed by atoms with Crippen LogP contribution in [0.15, 0.2) is 18.2 Å². The summed E-state index contributed by atoms with van der Waals surface area (Å²) in [6, 6.07) is 4.73. The summed E-state index contributed by atoms with van der Waals surface area (Å²) in [5.41, 5.74) is 0.266. The van der Waals surface area contributed by atoms with Gasteiger partial charge in [-0.3, -0.25) is 4.79 Å². The summed E-state index contributed by atoms with van der Waals surface area (Å²) in [6.07, 6.45) is 3.04. The number of phenols is 1.